The van der Waals surface area contributed by atoms with Gasteiger partial charge in [-0.25, -0.2) is 0 Å². The summed E-state index contributed by atoms with van der Waals surface area (Å²) in [5, 5.41) is 18.2. The summed E-state index contributed by atoms with van der Waals surface area (Å²) in [4.78, 5) is 15.1. The standard InChI is InChI=1S/C25H26ClN3O5/c1-4-11-34-19-9-6-15(13-20(19)33-5-2)24-21-22(17-14-16(26)7-8-18(17)30)27-28-23(21)25(31)29(24)10-12-32-3/h4,6-9,13-14,24,30H,1,5,10-12H2,2-3H3,(H,27,28). The lowest BCUT2D eigenvalue weighted by Crippen LogP contribution is -2.32. The quantitative estimate of drug-likeness (QED) is 0.409. The number of carbonyl (C=O) groups excluding carboxylic acids is 1. The molecule has 1 aliphatic rings. The van der Waals surface area contributed by atoms with Gasteiger partial charge in [-0.1, -0.05) is 30.3 Å². The van der Waals surface area contributed by atoms with Crippen LogP contribution in [-0.2, 0) is 4.74 Å². The predicted molar refractivity (Wildman–Crippen MR) is 129 cm³/mol. The van der Waals surface area contributed by atoms with E-state index in [1.165, 1.54) is 6.07 Å². The molecule has 8 nitrogen and oxygen atoms in total. The van der Waals surface area contributed by atoms with Crippen LogP contribution in [-0.4, -0.2) is 59.6 Å². The van der Waals surface area contributed by atoms with Crippen molar-refractivity contribution in [3.8, 4) is 28.5 Å². The van der Waals surface area contributed by atoms with Crippen LogP contribution in [0, 0.1) is 0 Å². The third-order valence-corrected chi connectivity index (χ3v) is 5.79. The van der Waals surface area contributed by atoms with Gasteiger partial charge in [-0.2, -0.15) is 5.10 Å². The first-order valence-electron chi connectivity index (χ1n) is 10.9. The molecule has 4 rings (SSSR count). The van der Waals surface area contributed by atoms with Gasteiger partial charge in [0.1, 0.15) is 23.7 Å². The lowest BCUT2D eigenvalue weighted by molar-refractivity contribution is 0.0677. The van der Waals surface area contributed by atoms with Crippen LogP contribution in [0.3, 0.4) is 0 Å². The third kappa shape index (κ3) is 4.34. The zero-order valence-corrected chi connectivity index (χ0v) is 19.8. The molecule has 0 saturated carbocycles. The highest BCUT2D eigenvalue weighted by Crippen LogP contribution is 2.46. The molecule has 1 amide bonds. The van der Waals surface area contributed by atoms with Crippen molar-refractivity contribution in [2.75, 3.05) is 33.5 Å². The number of aromatic amines is 1. The number of methoxy groups -OCH3 is 1. The molecule has 1 atom stereocenters. The summed E-state index contributed by atoms with van der Waals surface area (Å²) in [5.41, 5.74) is 2.72. The summed E-state index contributed by atoms with van der Waals surface area (Å²) in [6.07, 6.45) is 1.66. The summed E-state index contributed by atoms with van der Waals surface area (Å²) in [5.74, 6) is 0.953. The molecule has 2 aromatic carbocycles. The van der Waals surface area contributed by atoms with Crippen molar-refractivity contribution in [1.29, 1.82) is 0 Å². The minimum absolute atomic E-state index is 0.0171. The Morgan fingerprint density at radius 3 is 2.79 bits per heavy atom. The Kier molecular flexibility index (Phi) is 7.09. The van der Waals surface area contributed by atoms with Crippen molar-refractivity contribution in [3.05, 3.63) is 70.9 Å². The molecule has 178 valence electrons. The Balaban J connectivity index is 1.86. The first-order valence-corrected chi connectivity index (χ1v) is 11.2. The van der Waals surface area contributed by atoms with E-state index in [1.54, 1.807) is 30.2 Å². The fraction of sp³-hybridized carbons (Fsp3) is 0.280. The molecule has 0 fully saturated rings. The van der Waals surface area contributed by atoms with Gasteiger partial charge in [0.25, 0.3) is 5.91 Å². The summed E-state index contributed by atoms with van der Waals surface area (Å²) in [7, 11) is 1.59. The van der Waals surface area contributed by atoms with Crippen molar-refractivity contribution in [3.63, 3.8) is 0 Å². The van der Waals surface area contributed by atoms with Gasteiger partial charge in [0, 0.05) is 29.8 Å². The highest BCUT2D eigenvalue weighted by molar-refractivity contribution is 6.31. The van der Waals surface area contributed by atoms with E-state index in [2.05, 4.69) is 16.8 Å². The third-order valence-electron chi connectivity index (χ3n) is 5.55. The average molecular weight is 484 g/mol. The first-order chi connectivity index (χ1) is 16.5. The van der Waals surface area contributed by atoms with Gasteiger partial charge >= 0.3 is 0 Å². The number of benzene rings is 2. The monoisotopic (exact) mass is 483 g/mol. The van der Waals surface area contributed by atoms with Gasteiger partial charge in [0.15, 0.2) is 11.5 Å². The lowest BCUT2D eigenvalue weighted by Gasteiger charge is -2.27. The van der Waals surface area contributed by atoms with Crippen LogP contribution >= 0.6 is 11.6 Å². The molecule has 1 aromatic heterocycles. The average Bonchev–Trinajstić information content (AvgIpc) is 3.37. The van der Waals surface area contributed by atoms with Gasteiger partial charge in [-0.15, -0.1) is 0 Å². The number of amides is 1. The van der Waals surface area contributed by atoms with E-state index in [9.17, 15) is 9.90 Å². The molecular weight excluding hydrogens is 458 g/mol. The van der Waals surface area contributed by atoms with Crippen molar-refractivity contribution in [2.45, 2.75) is 13.0 Å². The zero-order chi connectivity index (χ0) is 24.2. The zero-order valence-electron chi connectivity index (χ0n) is 19.0. The first kappa shape index (κ1) is 23.7. The number of phenols is 1. The molecule has 3 aromatic rings. The fourth-order valence-electron chi connectivity index (χ4n) is 4.10. The van der Waals surface area contributed by atoms with Crippen LogP contribution in [0.5, 0.6) is 17.2 Å². The molecule has 0 bridgehead atoms. The van der Waals surface area contributed by atoms with Gasteiger partial charge in [-0.05, 0) is 42.8 Å². The smallest absolute Gasteiger partial charge is 0.273 e. The van der Waals surface area contributed by atoms with Crippen molar-refractivity contribution < 1.29 is 24.1 Å². The molecular formula is C25H26ClN3O5. The number of fused-ring (bicyclic) bond motifs is 1. The Bertz CT molecular complexity index is 1210. The van der Waals surface area contributed by atoms with E-state index in [-0.39, 0.29) is 11.7 Å². The molecule has 1 aliphatic heterocycles. The molecule has 1 unspecified atom stereocenters. The Morgan fingerprint density at radius 2 is 2.06 bits per heavy atom. The number of hydrogen-bond acceptors (Lipinski definition) is 6. The van der Waals surface area contributed by atoms with Crippen LogP contribution in [0.2, 0.25) is 5.02 Å². The number of halogens is 1. The van der Waals surface area contributed by atoms with E-state index in [0.717, 1.165) is 5.56 Å². The second-order valence-corrected chi connectivity index (χ2v) is 8.09. The van der Waals surface area contributed by atoms with Crippen LogP contribution < -0.4 is 9.47 Å². The largest absolute Gasteiger partial charge is 0.507 e. The topological polar surface area (TPSA) is 96.9 Å². The van der Waals surface area contributed by atoms with Crippen LogP contribution in [0.25, 0.3) is 11.3 Å². The molecule has 2 N–H and O–H groups in total. The fourth-order valence-corrected chi connectivity index (χ4v) is 4.27. The van der Waals surface area contributed by atoms with E-state index < -0.39 is 6.04 Å². The highest BCUT2D eigenvalue weighted by Gasteiger charge is 2.42. The summed E-state index contributed by atoms with van der Waals surface area (Å²) < 4.78 is 16.8. The minimum atomic E-state index is -0.488. The number of carbonyl (C=O) groups is 1. The van der Waals surface area contributed by atoms with E-state index >= 15 is 0 Å². The summed E-state index contributed by atoms with van der Waals surface area (Å²) in [6, 6.07) is 9.81. The number of aromatic nitrogens is 2. The number of aromatic hydroxyl groups is 1. The SMILES string of the molecule is C=CCOc1ccc(C2c3c(-c4cc(Cl)ccc4O)n[nH]c3C(=O)N2CCOC)cc1OCC. The molecule has 0 radical (unpaired) electrons. The number of phenolic OH excluding ortho intramolecular Hbond substituents is 1. The maximum Gasteiger partial charge on any atom is 0.273 e. The second kappa shape index (κ2) is 10.2. The summed E-state index contributed by atoms with van der Waals surface area (Å²) in [6.45, 7) is 7.09. The van der Waals surface area contributed by atoms with Gasteiger partial charge in [0.05, 0.1) is 19.3 Å². The summed E-state index contributed by atoms with van der Waals surface area (Å²) >= 11 is 6.20. The Hall–Kier alpha value is -3.49. The van der Waals surface area contributed by atoms with Gasteiger partial charge < -0.3 is 24.2 Å². The maximum absolute atomic E-state index is 13.3. The number of hydrogen-bond donors (Lipinski definition) is 2. The van der Waals surface area contributed by atoms with Crippen molar-refractivity contribution >= 4 is 17.5 Å². The Labute approximate surface area is 202 Å². The molecule has 0 aliphatic carbocycles. The lowest BCUT2D eigenvalue weighted by atomic mass is 9.95. The number of H-pyrrole nitrogens is 1. The Morgan fingerprint density at radius 1 is 1.24 bits per heavy atom. The van der Waals surface area contributed by atoms with Gasteiger partial charge in [0.2, 0.25) is 0 Å². The number of rotatable bonds is 10. The van der Waals surface area contributed by atoms with E-state index in [1.807, 2.05) is 25.1 Å². The number of ether oxygens (including phenoxy) is 3. The number of nitrogens with zero attached hydrogens (tertiary/aromatic N) is 2. The predicted octanol–water partition coefficient (Wildman–Crippen LogP) is 4.59. The van der Waals surface area contributed by atoms with Crippen LogP contribution in [0.4, 0.5) is 0 Å². The van der Waals surface area contributed by atoms with Crippen LogP contribution in [0.15, 0.2) is 49.1 Å². The highest BCUT2D eigenvalue weighted by atomic mass is 35.5. The normalized spacial score (nSPS) is 14.9. The number of nitrogens with one attached hydrogen (secondary N) is 1. The molecule has 0 spiro atoms. The molecule has 9 heteroatoms. The maximum atomic E-state index is 13.3. The van der Waals surface area contributed by atoms with Gasteiger partial charge in [-0.3, -0.25) is 9.89 Å². The molecule has 0 saturated heterocycles. The second-order valence-electron chi connectivity index (χ2n) is 7.66. The molecule has 34 heavy (non-hydrogen) atoms. The minimum Gasteiger partial charge on any atom is -0.507 e. The van der Waals surface area contributed by atoms with Crippen molar-refractivity contribution in [2.24, 2.45) is 0 Å². The molecule has 2 heterocycles. The van der Waals surface area contributed by atoms with Crippen molar-refractivity contribution in [1.82, 2.24) is 15.1 Å². The van der Waals surface area contributed by atoms with E-state index in [4.69, 9.17) is 25.8 Å². The van der Waals surface area contributed by atoms with E-state index in [0.29, 0.717) is 65.4 Å². The van der Waals surface area contributed by atoms with Crippen LogP contribution in [0.1, 0.15) is 34.6 Å².